The molecular weight excluding hydrogens is 447 g/mol. The monoisotopic (exact) mass is 458 g/mol. The fourth-order valence-corrected chi connectivity index (χ4v) is 4.37. The number of hydrogen-bond acceptors (Lipinski definition) is 2. The molecule has 0 aliphatic carbocycles. The van der Waals surface area contributed by atoms with Crippen LogP contribution in [-0.2, 0) is 0 Å². The van der Waals surface area contributed by atoms with Crippen LogP contribution in [0.25, 0.3) is 16.9 Å². The third-order valence-electron chi connectivity index (χ3n) is 4.22. The predicted octanol–water partition coefficient (Wildman–Crippen LogP) is 6.91. The molecule has 4 rings (SSSR count). The number of amides is 1. The van der Waals surface area contributed by atoms with Crippen LogP contribution in [-0.4, -0.2) is 10.5 Å². The van der Waals surface area contributed by atoms with E-state index in [0.29, 0.717) is 20.4 Å². The van der Waals surface area contributed by atoms with Gasteiger partial charge in [-0.1, -0.05) is 65.1 Å². The van der Waals surface area contributed by atoms with Crippen molar-refractivity contribution in [3.63, 3.8) is 0 Å². The van der Waals surface area contributed by atoms with Gasteiger partial charge in [-0.25, -0.2) is 0 Å². The number of aromatic nitrogens is 1. The van der Waals surface area contributed by atoms with Crippen LogP contribution >= 0.6 is 46.1 Å². The molecule has 3 nitrogen and oxygen atoms in total. The first-order valence-corrected chi connectivity index (χ1v) is 10.6. The quantitative estimate of drug-likeness (QED) is 0.328. The minimum atomic E-state index is -0.434. The minimum Gasteiger partial charge on any atom is -0.285 e. The fraction of sp³-hybridized carbons (Fsp3) is 0. The van der Waals surface area contributed by atoms with Crippen LogP contribution in [0.1, 0.15) is 10.4 Å². The van der Waals surface area contributed by atoms with Gasteiger partial charge in [0, 0.05) is 21.1 Å². The second-order valence-corrected chi connectivity index (χ2v) is 8.24. The molecule has 1 aromatic heterocycles. The molecule has 7 heteroatoms. The second-order valence-electron chi connectivity index (χ2n) is 6.12. The van der Waals surface area contributed by atoms with Crippen LogP contribution in [0.5, 0.6) is 0 Å². The minimum absolute atomic E-state index is 0.268. The van der Waals surface area contributed by atoms with E-state index in [1.807, 2.05) is 52.4 Å². The van der Waals surface area contributed by atoms with Crippen molar-refractivity contribution >= 4 is 52.0 Å². The molecule has 29 heavy (non-hydrogen) atoms. The van der Waals surface area contributed by atoms with E-state index < -0.39 is 5.91 Å². The Morgan fingerprint density at radius 3 is 2.24 bits per heavy atom. The van der Waals surface area contributed by atoms with Crippen molar-refractivity contribution in [1.82, 2.24) is 4.57 Å². The van der Waals surface area contributed by atoms with Gasteiger partial charge in [0.05, 0.1) is 16.3 Å². The van der Waals surface area contributed by atoms with E-state index >= 15 is 0 Å². The number of benzene rings is 3. The predicted molar refractivity (Wildman–Crippen MR) is 120 cm³/mol. The lowest BCUT2D eigenvalue weighted by Gasteiger charge is -2.09. The van der Waals surface area contributed by atoms with Crippen molar-refractivity contribution in [2.75, 3.05) is 0 Å². The number of carbonyl (C=O) groups is 1. The first-order chi connectivity index (χ1) is 14.0. The standard InChI is InChI=1S/C22H13Cl3N2OS/c23-15-6-9-17(10-7-15)27-20(14-4-2-1-3-5-14)13-29-22(27)26-21(28)18-11-8-16(24)12-19(18)25/h1-13H. The number of thiazole rings is 1. The molecule has 0 unspecified atom stereocenters. The van der Waals surface area contributed by atoms with Crippen LogP contribution in [0, 0.1) is 0 Å². The normalized spacial score (nSPS) is 11.6. The molecular formula is C22H13Cl3N2OS. The van der Waals surface area contributed by atoms with Crippen molar-refractivity contribution in [2.24, 2.45) is 4.99 Å². The highest BCUT2D eigenvalue weighted by Crippen LogP contribution is 2.25. The zero-order valence-corrected chi connectivity index (χ0v) is 17.9. The van der Waals surface area contributed by atoms with Gasteiger partial charge in [-0.2, -0.15) is 4.99 Å². The second kappa shape index (κ2) is 8.56. The Hall–Kier alpha value is -2.37. The van der Waals surface area contributed by atoms with Crippen LogP contribution < -0.4 is 4.80 Å². The summed E-state index contributed by atoms with van der Waals surface area (Å²) in [6.07, 6.45) is 0. The lowest BCUT2D eigenvalue weighted by Crippen LogP contribution is -2.16. The molecule has 4 aromatic rings. The van der Waals surface area contributed by atoms with E-state index in [9.17, 15) is 4.79 Å². The van der Waals surface area contributed by atoms with Gasteiger partial charge >= 0.3 is 0 Å². The molecule has 1 heterocycles. The molecule has 0 atom stereocenters. The molecule has 0 N–H and O–H groups in total. The summed E-state index contributed by atoms with van der Waals surface area (Å²) in [6, 6.07) is 22.0. The number of rotatable bonds is 3. The lowest BCUT2D eigenvalue weighted by atomic mass is 10.1. The maximum Gasteiger partial charge on any atom is 0.281 e. The van der Waals surface area contributed by atoms with E-state index in [4.69, 9.17) is 34.8 Å². The van der Waals surface area contributed by atoms with Gasteiger partial charge in [-0.3, -0.25) is 9.36 Å². The van der Waals surface area contributed by atoms with Crippen LogP contribution in [0.3, 0.4) is 0 Å². The number of halogens is 3. The summed E-state index contributed by atoms with van der Waals surface area (Å²) in [5.74, 6) is -0.434. The Morgan fingerprint density at radius 1 is 0.862 bits per heavy atom. The number of carbonyl (C=O) groups excluding carboxylic acids is 1. The van der Waals surface area contributed by atoms with Gasteiger partial charge in [-0.15, -0.1) is 11.3 Å². The first-order valence-electron chi connectivity index (χ1n) is 8.59. The fourth-order valence-electron chi connectivity index (χ4n) is 2.85. The van der Waals surface area contributed by atoms with Crippen molar-refractivity contribution in [3.05, 3.63) is 104 Å². The maximum atomic E-state index is 12.8. The first kappa shape index (κ1) is 19.9. The van der Waals surface area contributed by atoms with Crippen molar-refractivity contribution in [1.29, 1.82) is 0 Å². The topological polar surface area (TPSA) is 34.4 Å². The molecule has 1 amide bonds. The van der Waals surface area contributed by atoms with Gasteiger partial charge in [0.1, 0.15) is 0 Å². The Bertz CT molecular complexity index is 1250. The maximum absolute atomic E-state index is 12.8. The molecule has 0 radical (unpaired) electrons. The lowest BCUT2D eigenvalue weighted by molar-refractivity contribution is 0.0998. The summed E-state index contributed by atoms with van der Waals surface area (Å²) in [5, 5.41) is 3.34. The SMILES string of the molecule is O=C(N=c1scc(-c2ccccc2)n1-c1ccc(Cl)cc1)c1ccc(Cl)cc1Cl. The molecule has 0 aliphatic rings. The van der Waals surface area contributed by atoms with E-state index in [2.05, 4.69) is 4.99 Å². The Kier molecular flexibility index (Phi) is 5.88. The molecule has 3 aromatic carbocycles. The van der Waals surface area contributed by atoms with Crippen LogP contribution in [0.15, 0.2) is 83.2 Å². The number of hydrogen-bond donors (Lipinski definition) is 0. The summed E-state index contributed by atoms with van der Waals surface area (Å²) < 4.78 is 1.93. The molecule has 0 spiro atoms. The van der Waals surface area contributed by atoms with Crippen molar-refractivity contribution < 1.29 is 4.79 Å². The molecule has 0 saturated heterocycles. The highest BCUT2D eigenvalue weighted by atomic mass is 35.5. The molecule has 0 fully saturated rings. The largest absolute Gasteiger partial charge is 0.285 e. The summed E-state index contributed by atoms with van der Waals surface area (Å²) in [4.78, 5) is 17.7. The smallest absolute Gasteiger partial charge is 0.281 e. The molecule has 0 saturated carbocycles. The zero-order chi connectivity index (χ0) is 20.4. The van der Waals surface area contributed by atoms with Gasteiger partial charge in [0.2, 0.25) is 0 Å². The van der Waals surface area contributed by atoms with Gasteiger partial charge in [0.15, 0.2) is 4.80 Å². The van der Waals surface area contributed by atoms with Crippen LogP contribution in [0.2, 0.25) is 15.1 Å². The summed E-state index contributed by atoms with van der Waals surface area (Å²) in [6.45, 7) is 0. The van der Waals surface area contributed by atoms with Crippen molar-refractivity contribution in [3.8, 4) is 16.9 Å². The summed E-state index contributed by atoms with van der Waals surface area (Å²) >= 11 is 19.5. The van der Waals surface area contributed by atoms with E-state index in [1.54, 1.807) is 24.3 Å². The zero-order valence-electron chi connectivity index (χ0n) is 14.9. The van der Waals surface area contributed by atoms with E-state index in [0.717, 1.165) is 16.9 Å². The van der Waals surface area contributed by atoms with Gasteiger partial charge in [0.25, 0.3) is 5.91 Å². The Morgan fingerprint density at radius 2 is 1.55 bits per heavy atom. The third-order valence-corrected chi connectivity index (χ3v) is 5.85. The summed E-state index contributed by atoms with van der Waals surface area (Å²) in [5.41, 5.74) is 3.08. The molecule has 0 aliphatic heterocycles. The number of nitrogens with zero attached hydrogens (tertiary/aromatic N) is 2. The van der Waals surface area contributed by atoms with Gasteiger partial charge < -0.3 is 0 Å². The average molecular weight is 460 g/mol. The summed E-state index contributed by atoms with van der Waals surface area (Å²) in [7, 11) is 0. The molecule has 0 bridgehead atoms. The highest BCUT2D eigenvalue weighted by molar-refractivity contribution is 7.07. The van der Waals surface area contributed by atoms with E-state index in [1.165, 1.54) is 17.4 Å². The van der Waals surface area contributed by atoms with Crippen LogP contribution in [0.4, 0.5) is 0 Å². The molecule has 144 valence electrons. The third kappa shape index (κ3) is 4.31. The Labute approximate surface area is 186 Å². The van der Waals surface area contributed by atoms with Crippen molar-refractivity contribution in [2.45, 2.75) is 0 Å². The highest BCUT2D eigenvalue weighted by Gasteiger charge is 2.14. The Balaban J connectivity index is 1.89. The van der Waals surface area contributed by atoms with Gasteiger partial charge in [-0.05, 0) is 48.0 Å². The average Bonchev–Trinajstić information content (AvgIpc) is 3.12. The van der Waals surface area contributed by atoms with E-state index in [-0.39, 0.29) is 5.02 Å².